The van der Waals surface area contributed by atoms with Crippen LogP contribution in [0.5, 0.6) is 0 Å². The van der Waals surface area contributed by atoms with Crippen molar-refractivity contribution >= 4 is 0 Å². The fourth-order valence-corrected chi connectivity index (χ4v) is 2.38. The summed E-state index contributed by atoms with van der Waals surface area (Å²) < 4.78 is 5.27. The Morgan fingerprint density at radius 1 is 1.50 bits per heavy atom. The molecule has 0 bridgehead atoms. The summed E-state index contributed by atoms with van der Waals surface area (Å²) in [4.78, 5) is 2.45. The number of nitrogens with one attached hydrogen (secondary N) is 1. The van der Waals surface area contributed by atoms with Gasteiger partial charge in [-0.1, -0.05) is 5.16 Å². The lowest BCUT2D eigenvalue weighted by Gasteiger charge is -2.23. The Morgan fingerprint density at radius 2 is 2.28 bits per heavy atom. The molecule has 18 heavy (non-hydrogen) atoms. The van der Waals surface area contributed by atoms with Crippen LogP contribution in [0.25, 0.3) is 0 Å². The quantitative estimate of drug-likeness (QED) is 0.890. The van der Waals surface area contributed by atoms with Crippen molar-refractivity contribution in [3.63, 3.8) is 0 Å². The number of likely N-dealkylation sites (tertiary alicyclic amines) is 1. The highest BCUT2D eigenvalue weighted by molar-refractivity contribution is 5.03. The first-order chi connectivity index (χ1) is 8.42. The predicted molar refractivity (Wildman–Crippen MR) is 72.4 cm³/mol. The van der Waals surface area contributed by atoms with E-state index >= 15 is 0 Å². The molecule has 4 heteroatoms. The van der Waals surface area contributed by atoms with E-state index in [1.807, 2.05) is 13.0 Å². The second-order valence-electron chi connectivity index (χ2n) is 6.46. The molecule has 1 aliphatic heterocycles. The highest BCUT2D eigenvalue weighted by Crippen LogP contribution is 2.19. The SMILES string of the molecule is Cc1cc(CN2CCC(CNC(C)(C)C)C2)on1. The molecule has 0 aromatic carbocycles. The maximum atomic E-state index is 5.27. The van der Waals surface area contributed by atoms with Gasteiger partial charge >= 0.3 is 0 Å². The summed E-state index contributed by atoms with van der Waals surface area (Å²) in [5.41, 5.74) is 1.19. The molecule has 1 fully saturated rings. The standard InChI is InChI=1S/C14H25N3O/c1-11-7-13(18-16-11)10-17-6-5-12(9-17)8-15-14(2,3)4/h7,12,15H,5-6,8-10H2,1-4H3. The normalized spacial score (nSPS) is 21.7. The van der Waals surface area contributed by atoms with Gasteiger partial charge in [0.05, 0.1) is 12.2 Å². The van der Waals surface area contributed by atoms with Crippen LogP contribution in [-0.4, -0.2) is 35.2 Å². The third kappa shape index (κ3) is 4.10. The summed E-state index contributed by atoms with van der Waals surface area (Å²) in [6, 6.07) is 2.03. The zero-order valence-electron chi connectivity index (χ0n) is 12.0. The largest absolute Gasteiger partial charge is 0.360 e. The Morgan fingerprint density at radius 3 is 2.89 bits per heavy atom. The van der Waals surface area contributed by atoms with E-state index in [4.69, 9.17) is 4.52 Å². The van der Waals surface area contributed by atoms with Gasteiger partial charge in [-0.2, -0.15) is 0 Å². The van der Waals surface area contributed by atoms with Crippen LogP contribution >= 0.6 is 0 Å². The van der Waals surface area contributed by atoms with Crippen LogP contribution in [0, 0.1) is 12.8 Å². The smallest absolute Gasteiger partial charge is 0.150 e. The van der Waals surface area contributed by atoms with Gasteiger partial charge in [0.1, 0.15) is 0 Å². The lowest BCUT2D eigenvalue weighted by Crippen LogP contribution is -2.39. The maximum absolute atomic E-state index is 5.27. The average molecular weight is 251 g/mol. The van der Waals surface area contributed by atoms with E-state index in [2.05, 4.69) is 36.1 Å². The van der Waals surface area contributed by atoms with Gasteiger partial charge in [0, 0.05) is 18.2 Å². The summed E-state index contributed by atoms with van der Waals surface area (Å²) >= 11 is 0. The molecule has 0 aliphatic carbocycles. The Balaban J connectivity index is 1.75. The van der Waals surface area contributed by atoms with Gasteiger partial charge in [0.15, 0.2) is 5.76 Å². The minimum absolute atomic E-state index is 0.218. The second kappa shape index (κ2) is 5.41. The molecule has 1 aromatic rings. The molecule has 1 N–H and O–H groups in total. The molecule has 0 spiro atoms. The molecule has 102 valence electrons. The molecule has 1 unspecified atom stereocenters. The molecule has 1 aromatic heterocycles. The van der Waals surface area contributed by atoms with Crippen molar-refractivity contribution in [1.82, 2.24) is 15.4 Å². The van der Waals surface area contributed by atoms with E-state index in [1.165, 1.54) is 6.42 Å². The molecule has 0 radical (unpaired) electrons. The van der Waals surface area contributed by atoms with Crippen molar-refractivity contribution in [2.24, 2.45) is 5.92 Å². The molecule has 4 nitrogen and oxygen atoms in total. The van der Waals surface area contributed by atoms with Gasteiger partial charge < -0.3 is 9.84 Å². The molecular weight excluding hydrogens is 226 g/mol. The highest BCUT2D eigenvalue weighted by atomic mass is 16.5. The fraction of sp³-hybridized carbons (Fsp3) is 0.786. The summed E-state index contributed by atoms with van der Waals surface area (Å²) in [5.74, 6) is 1.74. The van der Waals surface area contributed by atoms with E-state index in [-0.39, 0.29) is 5.54 Å². The van der Waals surface area contributed by atoms with Crippen LogP contribution in [-0.2, 0) is 6.54 Å². The van der Waals surface area contributed by atoms with Crippen molar-refractivity contribution in [1.29, 1.82) is 0 Å². The molecule has 0 amide bonds. The maximum Gasteiger partial charge on any atom is 0.150 e. The van der Waals surface area contributed by atoms with Gasteiger partial charge in [-0.05, 0) is 53.1 Å². The Labute approximate surface area is 110 Å². The summed E-state index contributed by atoms with van der Waals surface area (Å²) in [7, 11) is 0. The van der Waals surface area contributed by atoms with Crippen LogP contribution in [0.1, 0.15) is 38.6 Å². The van der Waals surface area contributed by atoms with Gasteiger partial charge in [-0.25, -0.2) is 0 Å². The van der Waals surface area contributed by atoms with E-state index in [0.29, 0.717) is 0 Å². The number of nitrogens with zero attached hydrogens (tertiary/aromatic N) is 2. The first-order valence-corrected chi connectivity index (χ1v) is 6.82. The fourth-order valence-electron chi connectivity index (χ4n) is 2.38. The van der Waals surface area contributed by atoms with Crippen LogP contribution < -0.4 is 5.32 Å². The van der Waals surface area contributed by atoms with Crippen molar-refractivity contribution in [3.8, 4) is 0 Å². The summed E-state index contributed by atoms with van der Waals surface area (Å²) in [6.07, 6.45) is 1.27. The van der Waals surface area contributed by atoms with Crippen molar-refractivity contribution in [2.75, 3.05) is 19.6 Å². The number of aryl methyl sites for hydroxylation is 1. The van der Waals surface area contributed by atoms with Crippen molar-refractivity contribution in [2.45, 2.75) is 46.2 Å². The molecule has 1 aliphatic rings. The molecule has 0 saturated carbocycles. The van der Waals surface area contributed by atoms with Gasteiger partial charge in [0.25, 0.3) is 0 Å². The average Bonchev–Trinajstić information content (AvgIpc) is 2.85. The van der Waals surface area contributed by atoms with Gasteiger partial charge in [-0.3, -0.25) is 4.90 Å². The first-order valence-electron chi connectivity index (χ1n) is 6.82. The number of aromatic nitrogens is 1. The third-order valence-electron chi connectivity index (χ3n) is 3.35. The Bertz CT molecular complexity index is 381. The number of hydrogen-bond donors (Lipinski definition) is 1. The first kappa shape index (κ1) is 13.6. The number of rotatable bonds is 4. The highest BCUT2D eigenvalue weighted by Gasteiger charge is 2.24. The Kier molecular flexibility index (Phi) is 4.07. The second-order valence-corrected chi connectivity index (χ2v) is 6.46. The van der Waals surface area contributed by atoms with Crippen LogP contribution in [0.3, 0.4) is 0 Å². The molecule has 1 saturated heterocycles. The summed E-state index contributed by atoms with van der Waals surface area (Å²) in [6.45, 7) is 12.9. The lowest BCUT2D eigenvalue weighted by atomic mass is 10.1. The van der Waals surface area contributed by atoms with E-state index in [9.17, 15) is 0 Å². The minimum atomic E-state index is 0.218. The van der Waals surface area contributed by atoms with E-state index < -0.39 is 0 Å². The molecule has 2 heterocycles. The summed E-state index contributed by atoms with van der Waals surface area (Å²) in [5, 5.41) is 7.52. The van der Waals surface area contributed by atoms with Crippen LogP contribution in [0.15, 0.2) is 10.6 Å². The van der Waals surface area contributed by atoms with Gasteiger partial charge in [0.2, 0.25) is 0 Å². The Hall–Kier alpha value is -0.870. The van der Waals surface area contributed by atoms with Crippen LogP contribution in [0.4, 0.5) is 0 Å². The van der Waals surface area contributed by atoms with E-state index in [0.717, 1.165) is 43.6 Å². The van der Waals surface area contributed by atoms with Crippen molar-refractivity contribution < 1.29 is 4.52 Å². The molecule has 2 rings (SSSR count). The van der Waals surface area contributed by atoms with Gasteiger partial charge in [-0.15, -0.1) is 0 Å². The molecular formula is C14H25N3O. The van der Waals surface area contributed by atoms with E-state index in [1.54, 1.807) is 0 Å². The number of hydrogen-bond acceptors (Lipinski definition) is 4. The predicted octanol–water partition coefficient (Wildman–Crippen LogP) is 2.19. The third-order valence-corrected chi connectivity index (χ3v) is 3.35. The zero-order chi connectivity index (χ0) is 13.2. The lowest BCUT2D eigenvalue weighted by molar-refractivity contribution is 0.261. The monoisotopic (exact) mass is 251 g/mol. The topological polar surface area (TPSA) is 41.3 Å². The zero-order valence-corrected chi connectivity index (χ0v) is 12.0. The minimum Gasteiger partial charge on any atom is -0.360 e. The van der Waals surface area contributed by atoms with Crippen molar-refractivity contribution in [3.05, 3.63) is 17.5 Å². The molecule has 1 atom stereocenters. The van der Waals surface area contributed by atoms with Crippen LogP contribution in [0.2, 0.25) is 0 Å².